The summed E-state index contributed by atoms with van der Waals surface area (Å²) in [7, 11) is -2.79. The van der Waals surface area contributed by atoms with Crippen molar-refractivity contribution in [2.45, 2.75) is 57.6 Å². The minimum absolute atomic E-state index is 0.00389. The summed E-state index contributed by atoms with van der Waals surface area (Å²) in [5.74, 6) is -0.644. The zero-order chi connectivity index (χ0) is 30.3. The second kappa shape index (κ2) is 14.1. The van der Waals surface area contributed by atoms with E-state index >= 15 is 0 Å². The molecule has 3 aromatic carbocycles. The monoisotopic (exact) mass is 619 g/mol. The number of nitrogens with zero attached hydrogens (tertiary/aromatic N) is 2. The lowest BCUT2D eigenvalue weighted by Gasteiger charge is -2.34. The van der Waals surface area contributed by atoms with Crippen LogP contribution in [0.2, 0.25) is 10.0 Å². The minimum atomic E-state index is -4.22. The van der Waals surface area contributed by atoms with Crippen molar-refractivity contribution in [2.75, 3.05) is 18.0 Å². The Morgan fingerprint density at radius 3 is 2.24 bits per heavy atom. The average molecular weight is 621 g/mol. The minimum Gasteiger partial charge on any atom is -0.495 e. The van der Waals surface area contributed by atoms with E-state index in [0.717, 1.165) is 9.87 Å². The van der Waals surface area contributed by atoms with Gasteiger partial charge < -0.3 is 15.0 Å². The molecule has 0 spiro atoms. The standard InChI is InChI=1S/C30H35Cl2N3O5S/c1-6-26(30(37)33-20(2)3)34(18-22-13-14-24(31)25(32)17-22)29(36)19-35(27-16-21(4)12-15-28(27)40-5)41(38,39)23-10-8-7-9-11-23/h7-17,20,26H,6,18-19H2,1-5H3,(H,33,37). The van der Waals surface area contributed by atoms with E-state index in [1.165, 1.54) is 24.1 Å². The smallest absolute Gasteiger partial charge is 0.264 e. The topological polar surface area (TPSA) is 96.0 Å². The lowest BCUT2D eigenvalue weighted by molar-refractivity contribution is -0.140. The Hall–Kier alpha value is -3.27. The van der Waals surface area contributed by atoms with Gasteiger partial charge >= 0.3 is 0 Å². The number of anilines is 1. The molecule has 8 nitrogen and oxygen atoms in total. The highest BCUT2D eigenvalue weighted by atomic mass is 35.5. The van der Waals surface area contributed by atoms with E-state index in [4.69, 9.17) is 27.9 Å². The number of amides is 2. The molecule has 1 atom stereocenters. The summed E-state index contributed by atoms with van der Waals surface area (Å²) in [4.78, 5) is 28.8. The van der Waals surface area contributed by atoms with Gasteiger partial charge in [-0.3, -0.25) is 13.9 Å². The predicted octanol–water partition coefficient (Wildman–Crippen LogP) is 5.84. The Balaban J connectivity index is 2.13. The van der Waals surface area contributed by atoms with Crippen molar-refractivity contribution < 1.29 is 22.7 Å². The molecule has 0 fully saturated rings. The van der Waals surface area contributed by atoms with Crippen molar-refractivity contribution in [1.82, 2.24) is 10.2 Å². The van der Waals surface area contributed by atoms with Crippen molar-refractivity contribution in [1.29, 1.82) is 0 Å². The number of hydrogen-bond acceptors (Lipinski definition) is 5. The maximum absolute atomic E-state index is 14.2. The number of methoxy groups -OCH3 is 1. The van der Waals surface area contributed by atoms with Gasteiger partial charge in [-0.05, 0) is 74.7 Å². The first-order chi connectivity index (χ1) is 19.4. The van der Waals surface area contributed by atoms with Gasteiger partial charge in [0.25, 0.3) is 10.0 Å². The second-order valence-electron chi connectivity index (χ2n) is 9.86. The molecule has 0 aliphatic carbocycles. The van der Waals surface area contributed by atoms with Gasteiger partial charge in [-0.25, -0.2) is 8.42 Å². The van der Waals surface area contributed by atoms with E-state index in [0.29, 0.717) is 22.0 Å². The molecule has 0 saturated carbocycles. The Labute approximate surface area is 252 Å². The zero-order valence-corrected chi connectivity index (χ0v) is 26.1. The van der Waals surface area contributed by atoms with Crippen LogP contribution in [0.15, 0.2) is 71.6 Å². The van der Waals surface area contributed by atoms with E-state index in [9.17, 15) is 18.0 Å². The highest BCUT2D eigenvalue weighted by molar-refractivity contribution is 7.92. The molecule has 0 aliphatic rings. The number of ether oxygens (including phenoxy) is 1. The number of benzene rings is 3. The van der Waals surface area contributed by atoms with Crippen LogP contribution < -0.4 is 14.4 Å². The van der Waals surface area contributed by atoms with Crippen molar-refractivity contribution >= 4 is 50.7 Å². The molecule has 11 heteroatoms. The number of carbonyl (C=O) groups is 2. The maximum Gasteiger partial charge on any atom is 0.264 e. The summed E-state index contributed by atoms with van der Waals surface area (Å²) in [5, 5.41) is 3.52. The van der Waals surface area contributed by atoms with Gasteiger partial charge in [-0.2, -0.15) is 0 Å². The van der Waals surface area contributed by atoms with Crippen LogP contribution in [0.1, 0.15) is 38.3 Å². The van der Waals surface area contributed by atoms with Crippen LogP contribution >= 0.6 is 23.2 Å². The van der Waals surface area contributed by atoms with Crippen LogP contribution in [-0.4, -0.2) is 50.9 Å². The highest BCUT2D eigenvalue weighted by Gasteiger charge is 2.35. The molecule has 2 amide bonds. The lowest BCUT2D eigenvalue weighted by atomic mass is 10.1. The number of carbonyl (C=O) groups excluding carboxylic acids is 2. The summed E-state index contributed by atoms with van der Waals surface area (Å²) < 4.78 is 34.6. The number of nitrogens with one attached hydrogen (secondary N) is 1. The molecular weight excluding hydrogens is 585 g/mol. The van der Waals surface area contributed by atoms with E-state index < -0.39 is 28.5 Å². The van der Waals surface area contributed by atoms with Crippen LogP contribution in [0.5, 0.6) is 5.75 Å². The predicted molar refractivity (Wildman–Crippen MR) is 163 cm³/mol. The molecule has 220 valence electrons. The Morgan fingerprint density at radius 1 is 0.976 bits per heavy atom. The molecule has 1 unspecified atom stereocenters. The zero-order valence-electron chi connectivity index (χ0n) is 23.7. The number of rotatable bonds is 12. The van der Waals surface area contributed by atoms with Crippen LogP contribution in [0, 0.1) is 6.92 Å². The molecule has 0 aliphatic heterocycles. The quantitative estimate of drug-likeness (QED) is 0.275. The fourth-order valence-electron chi connectivity index (χ4n) is 4.36. The first kappa shape index (κ1) is 32.2. The van der Waals surface area contributed by atoms with Crippen LogP contribution in [0.4, 0.5) is 5.69 Å². The third-order valence-corrected chi connectivity index (χ3v) is 8.88. The molecular formula is C30H35Cl2N3O5S. The van der Waals surface area contributed by atoms with Gasteiger partial charge in [0.1, 0.15) is 18.3 Å². The van der Waals surface area contributed by atoms with Gasteiger partial charge in [0, 0.05) is 12.6 Å². The molecule has 0 saturated heterocycles. The lowest BCUT2D eigenvalue weighted by Crippen LogP contribution is -2.53. The van der Waals surface area contributed by atoms with Crippen molar-refractivity contribution in [3.8, 4) is 5.75 Å². The fraction of sp³-hybridized carbons (Fsp3) is 0.333. The number of halogens is 2. The first-order valence-corrected chi connectivity index (χ1v) is 15.3. The van der Waals surface area contributed by atoms with Crippen LogP contribution in [0.25, 0.3) is 0 Å². The molecule has 3 rings (SSSR count). The van der Waals surface area contributed by atoms with Crippen LogP contribution in [0.3, 0.4) is 0 Å². The molecule has 0 radical (unpaired) electrons. The van der Waals surface area contributed by atoms with E-state index in [-0.39, 0.29) is 34.8 Å². The van der Waals surface area contributed by atoms with Crippen LogP contribution in [-0.2, 0) is 26.2 Å². The summed E-state index contributed by atoms with van der Waals surface area (Å²) in [6.07, 6.45) is 0.296. The molecule has 1 N–H and O–H groups in total. The highest BCUT2D eigenvalue weighted by Crippen LogP contribution is 2.34. The van der Waals surface area contributed by atoms with E-state index in [1.807, 2.05) is 20.8 Å². The maximum atomic E-state index is 14.2. The summed E-state index contributed by atoms with van der Waals surface area (Å²) in [6.45, 7) is 6.69. The SMILES string of the molecule is CCC(C(=O)NC(C)C)N(Cc1ccc(Cl)c(Cl)c1)C(=O)CN(c1cc(C)ccc1OC)S(=O)(=O)c1ccccc1. The summed E-state index contributed by atoms with van der Waals surface area (Å²) in [5.41, 5.74) is 1.62. The number of aryl methyl sites for hydroxylation is 1. The Kier molecular flexibility index (Phi) is 11.1. The third kappa shape index (κ3) is 7.93. The molecule has 41 heavy (non-hydrogen) atoms. The number of sulfonamides is 1. The second-order valence-corrected chi connectivity index (χ2v) is 12.5. The summed E-state index contributed by atoms with van der Waals surface area (Å²) in [6, 6.07) is 16.9. The van der Waals surface area contributed by atoms with E-state index in [1.54, 1.807) is 61.5 Å². The number of hydrogen-bond donors (Lipinski definition) is 1. The first-order valence-electron chi connectivity index (χ1n) is 13.1. The van der Waals surface area contributed by atoms with Crippen molar-refractivity contribution in [3.63, 3.8) is 0 Å². The largest absolute Gasteiger partial charge is 0.495 e. The third-order valence-electron chi connectivity index (χ3n) is 6.37. The van der Waals surface area contributed by atoms with Crippen molar-refractivity contribution in [2.24, 2.45) is 0 Å². The van der Waals surface area contributed by atoms with Gasteiger partial charge in [0.05, 0.1) is 27.7 Å². The average Bonchev–Trinajstić information content (AvgIpc) is 2.93. The molecule has 0 heterocycles. The molecule has 0 aromatic heterocycles. The van der Waals surface area contributed by atoms with Gasteiger partial charge in [0.2, 0.25) is 11.8 Å². The van der Waals surface area contributed by atoms with Gasteiger partial charge in [-0.15, -0.1) is 0 Å². The van der Waals surface area contributed by atoms with Gasteiger partial charge in [0.15, 0.2) is 0 Å². The Morgan fingerprint density at radius 2 is 1.66 bits per heavy atom. The summed E-state index contributed by atoms with van der Waals surface area (Å²) >= 11 is 12.3. The molecule has 3 aromatic rings. The van der Waals surface area contributed by atoms with Gasteiger partial charge in [-0.1, -0.05) is 60.5 Å². The fourth-order valence-corrected chi connectivity index (χ4v) is 6.12. The Bertz CT molecular complexity index is 1480. The normalized spacial score (nSPS) is 12.1. The molecule has 0 bridgehead atoms. The van der Waals surface area contributed by atoms with E-state index in [2.05, 4.69) is 5.32 Å². The van der Waals surface area contributed by atoms with Crippen molar-refractivity contribution in [3.05, 3.63) is 87.9 Å².